The molecule has 0 radical (unpaired) electrons. The van der Waals surface area contributed by atoms with Gasteiger partial charge in [0.15, 0.2) is 0 Å². The first-order valence-corrected chi connectivity index (χ1v) is 11.6. The van der Waals surface area contributed by atoms with Crippen molar-refractivity contribution in [3.05, 3.63) is 53.7 Å². The predicted molar refractivity (Wildman–Crippen MR) is 110 cm³/mol. The number of benzene rings is 1. The maximum Gasteiger partial charge on any atom is 0.246 e. The molecule has 10 heteroatoms. The van der Waals surface area contributed by atoms with E-state index in [1.165, 1.54) is 0 Å². The highest BCUT2D eigenvalue weighted by molar-refractivity contribution is 7.89. The molecule has 1 aromatic heterocycles. The Hall–Kier alpha value is -2.59. The van der Waals surface area contributed by atoms with Gasteiger partial charge in [0.1, 0.15) is 16.5 Å². The van der Waals surface area contributed by atoms with Crippen molar-refractivity contribution in [3.63, 3.8) is 0 Å². The van der Waals surface area contributed by atoms with Gasteiger partial charge in [-0.1, -0.05) is 13.0 Å². The number of nitrogens with zero attached hydrogens (tertiary/aromatic N) is 2. The lowest BCUT2D eigenvalue weighted by Gasteiger charge is -2.30. The number of hydrogen-bond donors (Lipinski definition) is 1. The Bertz CT molecular complexity index is 1030. The fourth-order valence-electron chi connectivity index (χ4n) is 3.39. The molecule has 1 amide bonds. The molecule has 0 unspecified atom stereocenters. The van der Waals surface area contributed by atoms with Gasteiger partial charge in [0.05, 0.1) is 6.61 Å². The molecule has 1 fully saturated rings. The zero-order chi connectivity index (χ0) is 22.4. The molecule has 2 aromatic rings. The SMILES string of the molecule is CCCOc1ncccc1CNC(=O)C1CCN(S(=O)(=O)c2cc(F)ccc2F)CC1. The van der Waals surface area contributed by atoms with Crippen molar-refractivity contribution in [2.75, 3.05) is 19.7 Å². The molecule has 1 saturated heterocycles. The maximum atomic E-state index is 13.9. The van der Waals surface area contributed by atoms with E-state index in [0.29, 0.717) is 18.6 Å². The lowest BCUT2D eigenvalue weighted by atomic mass is 9.97. The highest BCUT2D eigenvalue weighted by atomic mass is 32.2. The van der Waals surface area contributed by atoms with Crippen LogP contribution in [0.1, 0.15) is 31.7 Å². The van der Waals surface area contributed by atoms with Crippen molar-refractivity contribution in [1.29, 1.82) is 0 Å². The Kier molecular flexibility index (Phi) is 7.55. The van der Waals surface area contributed by atoms with Crippen LogP contribution in [0, 0.1) is 17.6 Å². The molecule has 0 atom stereocenters. The summed E-state index contributed by atoms with van der Waals surface area (Å²) < 4.78 is 59.4. The van der Waals surface area contributed by atoms with Gasteiger partial charge in [0.2, 0.25) is 21.8 Å². The Labute approximate surface area is 180 Å². The van der Waals surface area contributed by atoms with Crippen molar-refractivity contribution in [2.24, 2.45) is 5.92 Å². The van der Waals surface area contributed by atoms with Crippen molar-refractivity contribution in [3.8, 4) is 5.88 Å². The average molecular weight is 454 g/mol. The Balaban J connectivity index is 1.57. The third kappa shape index (κ3) is 5.56. The van der Waals surface area contributed by atoms with Crippen LogP contribution < -0.4 is 10.1 Å². The van der Waals surface area contributed by atoms with Gasteiger partial charge >= 0.3 is 0 Å². The van der Waals surface area contributed by atoms with Crippen molar-refractivity contribution in [1.82, 2.24) is 14.6 Å². The lowest BCUT2D eigenvalue weighted by molar-refractivity contribution is -0.126. The molecule has 0 saturated carbocycles. The van der Waals surface area contributed by atoms with E-state index >= 15 is 0 Å². The first-order valence-electron chi connectivity index (χ1n) is 10.1. The highest BCUT2D eigenvalue weighted by Gasteiger charge is 2.33. The summed E-state index contributed by atoms with van der Waals surface area (Å²) in [7, 11) is -4.17. The molecule has 2 heterocycles. The van der Waals surface area contributed by atoms with Crippen LogP contribution in [0.15, 0.2) is 41.4 Å². The molecule has 1 aliphatic heterocycles. The Morgan fingerprint density at radius 1 is 1.26 bits per heavy atom. The van der Waals surface area contributed by atoms with Crippen LogP contribution >= 0.6 is 0 Å². The fraction of sp³-hybridized carbons (Fsp3) is 0.429. The van der Waals surface area contributed by atoms with Crippen LogP contribution in [0.4, 0.5) is 8.78 Å². The normalized spacial score (nSPS) is 15.6. The second kappa shape index (κ2) is 10.1. The third-order valence-corrected chi connectivity index (χ3v) is 7.00. The molecule has 1 N–H and O–H groups in total. The molecular weight excluding hydrogens is 428 g/mol. The number of sulfonamides is 1. The van der Waals surface area contributed by atoms with Gasteiger partial charge in [-0.3, -0.25) is 4.79 Å². The topological polar surface area (TPSA) is 88.6 Å². The van der Waals surface area contributed by atoms with Crippen LogP contribution in [-0.4, -0.2) is 43.3 Å². The van der Waals surface area contributed by atoms with Gasteiger partial charge in [-0.25, -0.2) is 22.2 Å². The smallest absolute Gasteiger partial charge is 0.246 e. The lowest BCUT2D eigenvalue weighted by Crippen LogP contribution is -2.43. The fourth-order valence-corrected chi connectivity index (χ4v) is 4.93. The van der Waals surface area contributed by atoms with Gasteiger partial charge in [-0.15, -0.1) is 0 Å². The number of pyridine rings is 1. The van der Waals surface area contributed by atoms with E-state index in [9.17, 15) is 22.0 Å². The number of amides is 1. The minimum absolute atomic E-state index is 0.0497. The summed E-state index contributed by atoms with van der Waals surface area (Å²) in [5.74, 6) is -1.92. The van der Waals surface area contributed by atoms with Gasteiger partial charge in [0.25, 0.3) is 0 Å². The molecule has 1 aliphatic rings. The van der Waals surface area contributed by atoms with Crippen molar-refractivity contribution in [2.45, 2.75) is 37.6 Å². The summed E-state index contributed by atoms with van der Waals surface area (Å²) in [5.41, 5.74) is 0.755. The zero-order valence-corrected chi connectivity index (χ0v) is 18.0. The maximum absolute atomic E-state index is 13.9. The van der Waals surface area contributed by atoms with E-state index < -0.39 is 26.6 Å². The number of hydrogen-bond acceptors (Lipinski definition) is 5. The van der Waals surface area contributed by atoms with E-state index in [0.717, 1.165) is 28.4 Å². The number of carbonyl (C=O) groups is 1. The molecule has 168 valence electrons. The molecule has 0 bridgehead atoms. The number of nitrogens with one attached hydrogen (secondary N) is 1. The van der Waals surface area contributed by atoms with E-state index in [1.54, 1.807) is 12.3 Å². The number of carbonyl (C=O) groups excluding carboxylic acids is 1. The molecule has 31 heavy (non-hydrogen) atoms. The molecule has 0 aliphatic carbocycles. The number of aromatic nitrogens is 1. The largest absolute Gasteiger partial charge is 0.477 e. The summed E-state index contributed by atoms with van der Waals surface area (Å²) in [6.07, 6.45) is 3.03. The van der Waals surface area contributed by atoms with E-state index in [4.69, 9.17) is 4.74 Å². The number of halogens is 2. The van der Waals surface area contributed by atoms with Gasteiger partial charge < -0.3 is 10.1 Å². The third-order valence-electron chi connectivity index (χ3n) is 5.08. The number of rotatable bonds is 8. The Morgan fingerprint density at radius 2 is 2.00 bits per heavy atom. The van der Waals surface area contributed by atoms with E-state index in [1.807, 2.05) is 13.0 Å². The van der Waals surface area contributed by atoms with Gasteiger partial charge in [0, 0.05) is 37.3 Å². The van der Waals surface area contributed by atoms with Crippen LogP contribution in [-0.2, 0) is 21.4 Å². The van der Waals surface area contributed by atoms with E-state index in [2.05, 4.69) is 10.3 Å². The average Bonchev–Trinajstić information content (AvgIpc) is 2.78. The first-order chi connectivity index (χ1) is 14.8. The quantitative estimate of drug-likeness (QED) is 0.664. The second-order valence-corrected chi connectivity index (χ2v) is 9.19. The van der Waals surface area contributed by atoms with Crippen LogP contribution in [0.5, 0.6) is 5.88 Å². The van der Waals surface area contributed by atoms with Crippen molar-refractivity contribution >= 4 is 15.9 Å². The van der Waals surface area contributed by atoms with Crippen LogP contribution in [0.3, 0.4) is 0 Å². The summed E-state index contributed by atoms with van der Waals surface area (Å²) in [6.45, 7) is 2.86. The highest BCUT2D eigenvalue weighted by Crippen LogP contribution is 2.26. The van der Waals surface area contributed by atoms with Gasteiger partial charge in [-0.2, -0.15) is 4.31 Å². The monoisotopic (exact) mass is 453 g/mol. The zero-order valence-electron chi connectivity index (χ0n) is 17.2. The summed E-state index contributed by atoms with van der Waals surface area (Å²) in [5, 5.41) is 2.85. The predicted octanol–water partition coefficient (Wildman–Crippen LogP) is 2.87. The van der Waals surface area contributed by atoms with Gasteiger partial charge in [-0.05, 0) is 43.5 Å². The molecular formula is C21H25F2N3O4S. The molecule has 1 aromatic carbocycles. The molecule has 3 rings (SSSR count). The van der Waals surface area contributed by atoms with E-state index in [-0.39, 0.29) is 44.3 Å². The van der Waals surface area contributed by atoms with Crippen LogP contribution in [0.25, 0.3) is 0 Å². The summed E-state index contributed by atoms with van der Waals surface area (Å²) in [4.78, 5) is 16.1. The van der Waals surface area contributed by atoms with Crippen LogP contribution in [0.2, 0.25) is 0 Å². The molecule has 0 spiro atoms. The standard InChI is InChI=1S/C21H25F2N3O4S/c1-2-12-30-21-16(4-3-9-24-21)14-25-20(27)15-7-10-26(11-8-15)31(28,29)19-13-17(22)5-6-18(19)23/h3-6,9,13,15H,2,7-8,10-12,14H2,1H3,(H,25,27). The van der Waals surface area contributed by atoms with Crippen molar-refractivity contribution < 1.29 is 26.7 Å². The summed E-state index contributed by atoms with van der Waals surface area (Å²) in [6, 6.07) is 5.91. The number of piperidine rings is 1. The molecule has 7 nitrogen and oxygen atoms in total. The Morgan fingerprint density at radius 3 is 2.71 bits per heavy atom. The first kappa shape index (κ1) is 23.1. The minimum Gasteiger partial charge on any atom is -0.477 e. The summed E-state index contributed by atoms with van der Waals surface area (Å²) >= 11 is 0. The minimum atomic E-state index is -4.17. The second-order valence-electron chi connectivity index (χ2n) is 7.29. The number of ether oxygens (including phenoxy) is 1.